The molecule has 0 aliphatic heterocycles. The van der Waals surface area contributed by atoms with Crippen molar-refractivity contribution in [3.05, 3.63) is 109 Å². The van der Waals surface area contributed by atoms with Gasteiger partial charge >= 0.3 is 19.8 Å². The van der Waals surface area contributed by atoms with E-state index in [-0.39, 0.29) is 32.0 Å². The standard InChI is InChI=1S/C60H102NO8P/c1-6-8-10-12-14-16-18-20-22-24-26-27-28-29-30-31-32-33-35-37-39-41-43-45-47-49-51-53-60(63)69-58(57-68-70(64,65)67-55-54-61(3,4)5)56-66-59(62)52-50-48-46-44-42-40-38-36-34-25-23-21-19-17-15-13-11-9-7-2/h8-11,14-17,20-23,26-27,29-30,34,36,58H,6-7,12-13,18-19,24-25,28,31-33,35,37-57H2,1-5H3/p+1/b10-8-,11-9-,16-14-,17-15-,22-20-,23-21-,27-26-,30-29-,36-34-. The van der Waals surface area contributed by atoms with Gasteiger partial charge in [0, 0.05) is 12.8 Å². The van der Waals surface area contributed by atoms with Crippen LogP contribution in [0.2, 0.25) is 0 Å². The highest BCUT2D eigenvalue weighted by molar-refractivity contribution is 7.47. The maximum Gasteiger partial charge on any atom is 0.472 e. The minimum Gasteiger partial charge on any atom is -0.462 e. The van der Waals surface area contributed by atoms with Crippen molar-refractivity contribution in [2.45, 2.75) is 213 Å². The lowest BCUT2D eigenvalue weighted by molar-refractivity contribution is -0.870. The van der Waals surface area contributed by atoms with E-state index in [2.05, 4.69) is 123 Å². The zero-order valence-corrected chi connectivity index (χ0v) is 46.1. The number of hydrogen-bond donors (Lipinski definition) is 1. The highest BCUT2D eigenvalue weighted by Crippen LogP contribution is 2.43. The predicted octanol–water partition coefficient (Wildman–Crippen LogP) is 17.0. The van der Waals surface area contributed by atoms with Crippen LogP contribution in [0.3, 0.4) is 0 Å². The van der Waals surface area contributed by atoms with Crippen LogP contribution in [0.1, 0.15) is 206 Å². The quantitative estimate of drug-likeness (QED) is 0.0211. The Hall–Kier alpha value is -3.33. The summed E-state index contributed by atoms with van der Waals surface area (Å²) < 4.78 is 34.5. The van der Waals surface area contributed by atoms with Gasteiger partial charge in [0.05, 0.1) is 27.7 Å². The summed E-state index contributed by atoms with van der Waals surface area (Å²) in [5.41, 5.74) is 0. The molecule has 9 nitrogen and oxygen atoms in total. The van der Waals surface area contributed by atoms with Crippen LogP contribution < -0.4 is 0 Å². The summed E-state index contributed by atoms with van der Waals surface area (Å²) in [4.78, 5) is 35.7. The number of hydrogen-bond acceptors (Lipinski definition) is 7. The first-order valence-corrected chi connectivity index (χ1v) is 29.1. The molecule has 2 unspecified atom stereocenters. The fraction of sp³-hybridized carbons (Fsp3) is 0.667. The highest BCUT2D eigenvalue weighted by Gasteiger charge is 2.27. The van der Waals surface area contributed by atoms with Gasteiger partial charge in [0.2, 0.25) is 0 Å². The second-order valence-electron chi connectivity index (χ2n) is 19.2. The minimum atomic E-state index is -4.40. The molecule has 0 aromatic carbocycles. The number of rotatable bonds is 49. The van der Waals surface area contributed by atoms with Gasteiger partial charge in [0.1, 0.15) is 19.8 Å². The number of nitrogens with zero attached hydrogens (tertiary/aromatic N) is 1. The number of unbranched alkanes of at least 4 members (excludes halogenated alkanes) is 17. The lowest BCUT2D eigenvalue weighted by Crippen LogP contribution is -2.37. The monoisotopic (exact) mass is 997 g/mol. The molecule has 2 atom stereocenters. The van der Waals surface area contributed by atoms with Crippen molar-refractivity contribution in [2.24, 2.45) is 0 Å². The summed E-state index contributed by atoms with van der Waals surface area (Å²) in [7, 11) is 1.45. The zero-order valence-electron chi connectivity index (χ0n) is 45.2. The molecule has 0 fully saturated rings. The number of phosphoric acid groups is 1. The van der Waals surface area contributed by atoms with Crippen LogP contribution in [0.5, 0.6) is 0 Å². The van der Waals surface area contributed by atoms with Crippen LogP contribution >= 0.6 is 7.82 Å². The van der Waals surface area contributed by atoms with Crippen LogP contribution in [0.15, 0.2) is 109 Å². The third-order valence-electron chi connectivity index (χ3n) is 11.3. The maximum atomic E-state index is 12.8. The van der Waals surface area contributed by atoms with Crippen LogP contribution in [-0.4, -0.2) is 74.9 Å². The Balaban J connectivity index is 4.23. The van der Waals surface area contributed by atoms with E-state index < -0.39 is 26.5 Å². The Morgan fingerprint density at radius 3 is 1.14 bits per heavy atom. The molecule has 0 saturated heterocycles. The molecule has 0 aromatic rings. The molecule has 0 bridgehead atoms. The number of phosphoric ester groups is 1. The SMILES string of the molecule is CC/C=C\C/C=C\C/C=C\C/C=C\C/C=C\CCCCCCCCCCCCCC(=O)OC(COC(=O)CCCCCCCC/C=C\C/C=C\C/C=C\C/C=C\CC)COP(=O)(O)OCC[N+](C)(C)C. The zero-order chi connectivity index (χ0) is 51.3. The highest BCUT2D eigenvalue weighted by atomic mass is 31.2. The molecule has 0 aliphatic rings. The Labute approximate surface area is 429 Å². The van der Waals surface area contributed by atoms with Crippen molar-refractivity contribution < 1.29 is 42.1 Å². The number of esters is 2. The van der Waals surface area contributed by atoms with Crippen LogP contribution in [0.25, 0.3) is 0 Å². The average Bonchev–Trinajstić information content (AvgIpc) is 3.32. The molecule has 0 amide bonds. The van der Waals surface area contributed by atoms with E-state index in [0.717, 1.165) is 128 Å². The molecule has 10 heteroatoms. The predicted molar refractivity (Wildman–Crippen MR) is 298 cm³/mol. The molecule has 0 aliphatic carbocycles. The molecule has 0 saturated carbocycles. The Morgan fingerprint density at radius 2 is 0.771 bits per heavy atom. The summed E-state index contributed by atoms with van der Waals surface area (Å²) in [5.74, 6) is -0.823. The van der Waals surface area contributed by atoms with Crippen molar-refractivity contribution in [2.75, 3.05) is 47.5 Å². The van der Waals surface area contributed by atoms with Gasteiger partial charge in [-0.3, -0.25) is 18.6 Å². The van der Waals surface area contributed by atoms with Gasteiger partial charge in [-0.1, -0.05) is 207 Å². The lowest BCUT2D eigenvalue weighted by Gasteiger charge is -2.24. The van der Waals surface area contributed by atoms with Gasteiger partial charge < -0.3 is 18.9 Å². The summed E-state index contributed by atoms with van der Waals surface area (Å²) in [6, 6.07) is 0. The fourth-order valence-corrected chi connectivity index (χ4v) is 7.83. The van der Waals surface area contributed by atoms with Gasteiger partial charge in [-0.25, -0.2) is 4.57 Å². The fourth-order valence-electron chi connectivity index (χ4n) is 7.09. The maximum absolute atomic E-state index is 12.8. The van der Waals surface area contributed by atoms with E-state index in [9.17, 15) is 19.0 Å². The van der Waals surface area contributed by atoms with E-state index in [0.29, 0.717) is 17.4 Å². The normalized spacial score (nSPS) is 14.2. The van der Waals surface area contributed by atoms with Gasteiger partial charge in [0.25, 0.3) is 0 Å². The van der Waals surface area contributed by atoms with Crippen molar-refractivity contribution >= 4 is 19.8 Å². The molecule has 70 heavy (non-hydrogen) atoms. The van der Waals surface area contributed by atoms with E-state index in [4.69, 9.17) is 18.5 Å². The number of carbonyl (C=O) groups excluding carboxylic acids is 2. The van der Waals surface area contributed by atoms with E-state index >= 15 is 0 Å². The number of quaternary nitrogens is 1. The topological polar surface area (TPSA) is 108 Å². The molecular formula is C60H103NO8P+. The molecule has 400 valence electrons. The van der Waals surface area contributed by atoms with Gasteiger partial charge in [-0.15, -0.1) is 0 Å². The Morgan fingerprint density at radius 1 is 0.443 bits per heavy atom. The van der Waals surface area contributed by atoms with E-state index in [1.54, 1.807) is 0 Å². The molecule has 0 spiro atoms. The smallest absolute Gasteiger partial charge is 0.462 e. The third-order valence-corrected chi connectivity index (χ3v) is 12.3. The molecule has 0 aromatic heterocycles. The number of allylic oxidation sites excluding steroid dienone is 18. The first-order valence-electron chi connectivity index (χ1n) is 27.6. The Kier molecular flexibility index (Phi) is 48.2. The molecule has 0 radical (unpaired) electrons. The summed E-state index contributed by atoms with van der Waals surface area (Å²) >= 11 is 0. The van der Waals surface area contributed by atoms with Crippen molar-refractivity contribution in [3.63, 3.8) is 0 Å². The number of ether oxygens (including phenoxy) is 2. The van der Waals surface area contributed by atoms with Gasteiger partial charge in [-0.2, -0.15) is 0 Å². The lowest BCUT2D eigenvalue weighted by atomic mass is 10.0. The van der Waals surface area contributed by atoms with Crippen molar-refractivity contribution in [1.29, 1.82) is 0 Å². The van der Waals surface area contributed by atoms with Gasteiger partial charge in [0.15, 0.2) is 6.10 Å². The van der Waals surface area contributed by atoms with E-state index in [1.165, 1.54) is 44.9 Å². The summed E-state index contributed by atoms with van der Waals surface area (Å²) in [6.07, 6.45) is 70.0. The second kappa shape index (κ2) is 50.6. The largest absolute Gasteiger partial charge is 0.472 e. The van der Waals surface area contributed by atoms with Crippen LogP contribution in [-0.2, 0) is 32.7 Å². The second-order valence-corrected chi connectivity index (χ2v) is 20.7. The first kappa shape index (κ1) is 66.7. The molecule has 0 heterocycles. The Bertz CT molecular complexity index is 1550. The summed E-state index contributed by atoms with van der Waals surface area (Å²) in [6.45, 7) is 4.18. The third kappa shape index (κ3) is 54.0. The van der Waals surface area contributed by atoms with Crippen molar-refractivity contribution in [3.8, 4) is 0 Å². The first-order chi connectivity index (χ1) is 34.0. The van der Waals surface area contributed by atoms with Crippen LogP contribution in [0, 0.1) is 0 Å². The van der Waals surface area contributed by atoms with E-state index in [1.807, 2.05) is 21.1 Å². The molecule has 1 N–H and O–H groups in total. The van der Waals surface area contributed by atoms with Crippen LogP contribution in [0.4, 0.5) is 0 Å². The molecular weight excluding hydrogens is 894 g/mol. The van der Waals surface area contributed by atoms with Gasteiger partial charge in [-0.05, 0) is 96.3 Å². The van der Waals surface area contributed by atoms with Crippen molar-refractivity contribution in [1.82, 2.24) is 0 Å². The molecule has 0 rings (SSSR count). The number of likely N-dealkylation sites (N-methyl/N-ethyl adjacent to an activating group) is 1. The number of carbonyl (C=O) groups is 2. The average molecular weight is 997 g/mol. The summed E-state index contributed by atoms with van der Waals surface area (Å²) in [5, 5.41) is 0. The minimum absolute atomic E-state index is 0.0228.